The molecule has 0 N–H and O–H groups in total. The molecule has 0 spiro atoms. The Bertz CT molecular complexity index is 524. The summed E-state index contributed by atoms with van der Waals surface area (Å²) < 4.78 is 11.1. The second-order valence-corrected chi connectivity index (χ2v) is 6.79. The molecule has 0 aliphatic carbocycles. The molecular weight excluding hydrogens is 328 g/mol. The number of benzene rings is 1. The molecule has 2 heterocycles. The topological polar surface area (TPSA) is 42.0 Å². The molecule has 6 heteroatoms. The fourth-order valence-electron chi connectivity index (χ4n) is 3.27. The van der Waals surface area contributed by atoms with Gasteiger partial charge in [0.25, 0.3) is 0 Å². The van der Waals surface area contributed by atoms with Gasteiger partial charge in [0.15, 0.2) is 0 Å². The number of hydrogen-bond donors (Lipinski definition) is 0. The van der Waals surface area contributed by atoms with Gasteiger partial charge >= 0.3 is 0 Å². The maximum Gasteiger partial charge on any atom is 0.225 e. The third-order valence-corrected chi connectivity index (χ3v) is 5.00. The van der Waals surface area contributed by atoms with Crippen LogP contribution in [-0.2, 0) is 9.53 Å². The van der Waals surface area contributed by atoms with Gasteiger partial charge < -0.3 is 14.4 Å². The molecule has 0 saturated carbocycles. The number of carbonyl (C=O) groups is 1. The lowest BCUT2D eigenvalue weighted by Gasteiger charge is -2.35. The normalized spacial score (nSPS) is 20.1. The first-order valence-electron chi connectivity index (χ1n) is 8.69. The van der Waals surface area contributed by atoms with E-state index in [2.05, 4.69) is 4.90 Å². The summed E-state index contributed by atoms with van der Waals surface area (Å²) in [4.78, 5) is 16.8. The summed E-state index contributed by atoms with van der Waals surface area (Å²) in [7, 11) is 0. The number of hydrogen-bond acceptors (Lipinski definition) is 4. The van der Waals surface area contributed by atoms with E-state index in [9.17, 15) is 4.79 Å². The van der Waals surface area contributed by atoms with Crippen LogP contribution < -0.4 is 4.74 Å². The fourth-order valence-corrected chi connectivity index (χ4v) is 3.39. The first-order chi connectivity index (χ1) is 11.7. The Labute approximate surface area is 148 Å². The van der Waals surface area contributed by atoms with Crippen molar-refractivity contribution >= 4 is 17.5 Å². The third-order valence-electron chi connectivity index (χ3n) is 4.75. The highest BCUT2D eigenvalue weighted by atomic mass is 35.5. The van der Waals surface area contributed by atoms with Crippen LogP contribution in [0.1, 0.15) is 12.8 Å². The Morgan fingerprint density at radius 2 is 1.79 bits per heavy atom. The molecule has 0 bridgehead atoms. The largest absolute Gasteiger partial charge is 0.492 e. The molecule has 2 aliphatic rings. The van der Waals surface area contributed by atoms with Gasteiger partial charge in [-0.3, -0.25) is 9.69 Å². The van der Waals surface area contributed by atoms with Crippen molar-refractivity contribution in [2.45, 2.75) is 12.8 Å². The molecule has 0 aromatic heterocycles. The predicted octanol–water partition coefficient (Wildman–Crippen LogP) is 2.29. The molecule has 0 radical (unpaired) electrons. The van der Waals surface area contributed by atoms with Gasteiger partial charge in [-0.2, -0.15) is 0 Å². The molecule has 24 heavy (non-hydrogen) atoms. The van der Waals surface area contributed by atoms with Gasteiger partial charge in [0.1, 0.15) is 12.4 Å². The zero-order chi connectivity index (χ0) is 16.8. The second kappa shape index (κ2) is 8.70. The van der Waals surface area contributed by atoms with E-state index in [1.165, 1.54) is 0 Å². The van der Waals surface area contributed by atoms with Crippen molar-refractivity contribution in [3.8, 4) is 5.75 Å². The van der Waals surface area contributed by atoms with Gasteiger partial charge in [-0.15, -0.1) is 0 Å². The molecule has 132 valence electrons. The highest BCUT2D eigenvalue weighted by molar-refractivity contribution is 6.30. The molecule has 1 aromatic carbocycles. The zero-order valence-corrected chi connectivity index (χ0v) is 14.7. The van der Waals surface area contributed by atoms with Crippen LogP contribution in [0.15, 0.2) is 24.3 Å². The van der Waals surface area contributed by atoms with Crippen LogP contribution in [0.3, 0.4) is 0 Å². The maximum absolute atomic E-state index is 12.5. The molecule has 2 aliphatic heterocycles. The van der Waals surface area contributed by atoms with Gasteiger partial charge in [-0.05, 0) is 50.2 Å². The van der Waals surface area contributed by atoms with Gasteiger partial charge in [-0.1, -0.05) is 11.6 Å². The number of morpholine rings is 1. The zero-order valence-electron chi connectivity index (χ0n) is 14.0. The average molecular weight is 353 g/mol. The Morgan fingerprint density at radius 1 is 1.12 bits per heavy atom. The molecule has 1 aromatic rings. The summed E-state index contributed by atoms with van der Waals surface area (Å²) in [5, 5.41) is 0.717. The van der Waals surface area contributed by atoms with Gasteiger partial charge in [0.05, 0.1) is 13.2 Å². The van der Waals surface area contributed by atoms with Crippen molar-refractivity contribution in [3.05, 3.63) is 29.3 Å². The minimum absolute atomic E-state index is 0.177. The van der Waals surface area contributed by atoms with Crippen LogP contribution in [0.5, 0.6) is 5.75 Å². The summed E-state index contributed by atoms with van der Waals surface area (Å²) in [5.74, 6) is 1.34. The first-order valence-corrected chi connectivity index (χ1v) is 9.07. The Kier molecular flexibility index (Phi) is 6.35. The Morgan fingerprint density at radius 3 is 2.46 bits per heavy atom. The van der Waals surface area contributed by atoms with Crippen LogP contribution in [0.2, 0.25) is 5.02 Å². The quantitative estimate of drug-likeness (QED) is 0.815. The van der Waals surface area contributed by atoms with E-state index in [0.717, 1.165) is 51.3 Å². The summed E-state index contributed by atoms with van der Waals surface area (Å²) in [6, 6.07) is 7.43. The van der Waals surface area contributed by atoms with Crippen LogP contribution in [0.25, 0.3) is 0 Å². The number of piperidine rings is 1. The summed E-state index contributed by atoms with van der Waals surface area (Å²) in [6.45, 7) is 6.31. The molecule has 5 nitrogen and oxygen atoms in total. The van der Waals surface area contributed by atoms with Crippen LogP contribution in [-0.4, -0.2) is 68.3 Å². The van der Waals surface area contributed by atoms with Gasteiger partial charge in [0.2, 0.25) is 5.91 Å². The highest BCUT2D eigenvalue weighted by Crippen LogP contribution is 2.20. The third kappa shape index (κ3) is 4.85. The number of ether oxygens (including phenoxy) is 2. The molecule has 2 fully saturated rings. The van der Waals surface area contributed by atoms with Crippen LogP contribution >= 0.6 is 11.6 Å². The molecular formula is C18H25ClN2O3. The lowest BCUT2D eigenvalue weighted by atomic mass is 9.95. The number of nitrogens with zero attached hydrogens (tertiary/aromatic N) is 2. The second-order valence-electron chi connectivity index (χ2n) is 6.36. The summed E-state index contributed by atoms with van der Waals surface area (Å²) in [5.41, 5.74) is 0. The number of rotatable bonds is 5. The molecule has 2 saturated heterocycles. The van der Waals surface area contributed by atoms with Crippen molar-refractivity contribution in [2.75, 3.05) is 52.5 Å². The monoisotopic (exact) mass is 352 g/mol. The van der Waals surface area contributed by atoms with Crippen molar-refractivity contribution in [1.29, 1.82) is 0 Å². The molecule has 0 unspecified atom stereocenters. The van der Waals surface area contributed by atoms with Crippen molar-refractivity contribution in [1.82, 2.24) is 9.80 Å². The van der Waals surface area contributed by atoms with E-state index in [1.54, 1.807) is 0 Å². The summed E-state index contributed by atoms with van der Waals surface area (Å²) >= 11 is 5.86. The first kappa shape index (κ1) is 17.5. The Balaban J connectivity index is 1.35. The van der Waals surface area contributed by atoms with Crippen molar-refractivity contribution in [2.24, 2.45) is 5.92 Å². The minimum Gasteiger partial charge on any atom is -0.492 e. The van der Waals surface area contributed by atoms with E-state index < -0.39 is 0 Å². The number of amides is 1. The SMILES string of the molecule is O=C(C1CCN(CCOc2ccc(Cl)cc2)CC1)N1CCOCC1. The number of likely N-dealkylation sites (tertiary alicyclic amines) is 1. The van der Waals surface area contributed by atoms with Crippen molar-refractivity contribution < 1.29 is 14.3 Å². The van der Waals surface area contributed by atoms with E-state index in [-0.39, 0.29) is 5.92 Å². The van der Waals surface area contributed by atoms with Gasteiger partial charge in [-0.25, -0.2) is 0 Å². The van der Waals surface area contributed by atoms with Crippen LogP contribution in [0, 0.1) is 5.92 Å². The number of halogens is 1. The van der Waals surface area contributed by atoms with E-state index in [1.807, 2.05) is 29.2 Å². The fraction of sp³-hybridized carbons (Fsp3) is 0.611. The van der Waals surface area contributed by atoms with E-state index in [0.29, 0.717) is 30.8 Å². The smallest absolute Gasteiger partial charge is 0.225 e. The molecule has 1 amide bonds. The predicted molar refractivity (Wildman–Crippen MR) is 93.5 cm³/mol. The molecule has 3 rings (SSSR count). The lowest BCUT2D eigenvalue weighted by Crippen LogP contribution is -2.47. The lowest BCUT2D eigenvalue weighted by molar-refractivity contribution is -0.141. The average Bonchev–Trinajstić information content (AvgIpc) is 2.64. The van der Waals surface area contributed by atoms with E-state index in [4.69, 9.17) is 21.1 Å². The number of carbonyl (C=O) groups excluding carboxylic acids is 1. The summed E-state index contributed by atoms with van der Waals surface area (Å²) in [6.07, 6.45) is 1.88. The highest BCUT2D eigenvalue weighted by Gasteiger charge is 2.29. The maximum atomic E-state index is 12.5. The van der Waals surface area contributed by atoms with Gasteiger partial charge in [0, 0.05) is 30.6 Å². The van der Waals surface area contributed by atoms with E-state index >= 15 is 0 Å². The molecule has 0 atom stereocenters. The van der Waals surface area contributed by atoms with Crippen LogP contribution in [0.4, 0.5) is 0 Å². The Hall–Kier alpha value is -1.30. The van der Waals surface area contributed by atoms with Crippen molar-refractivity contribution in [3.63, 3.8) is 0 Å². The standard InChI is InChI=1S/C18H25ClN2O3/c19-16-1-3-17(4-2-16)24-14-9-20-7-5-15(6-8-20)18(22)21-10-12-23-13-11-21/h1-4,15H,5-14H2. The minimum atomic E-state index is 0.177.